The molecule has 12 heavy (non-hydrogen) atoms. The molecule has 0 saturated heterocycles. The van der Waals surface area contributed by atoms with Crippen LogP contribution in [0, 0.1) is 11.3 Å². The Morgan fingerprint density at radius 3 is 2.25 bits per heavy atom. The molecule has 72 valence electrons. The largest absolute Gasteiger partial charge is 0.379 e. The van der Waals surface area contributed by atoms with Gasteiger partial charge in [-0.3, -0.25) is 0 Å². The minimum Gasteiger partial charge on any atom is -0.379 e. The van der Waals surface area contributed by atoms with E-state index in [9.17, 15) is 0 Å². The summed E-state index contributed by atoms with van der Waals surface area (Å²) >= 11 is 0. The molecular formula is C10H21NO. The maximum Gasteiger partial charge on any atom is 0.0615 e. The standard InChI is InChI=1S/C10H21NO/c1-8(2)10(4-5-10)7-12-6-9(3)11/h8-9H,4-7,11H2,1-3H3. The van der Waals surface area contributed by atoms with Crippen molar-refractivity contribution in [3.8, 4) is 0 Å². The van der Waals surface area contributed by atoms with Gasteiger partial charge in [0.2, 0.25) is 0 Å². The molecule has 0 aromatic heterocycles. The summed E-state index contributed by atoms with van der Waals surface area (Å²) < 4.78 is 5.56. The first-order chi connectivity index (χ1) is 5.57. The summed E-state index contributed by atoms with van der Waals surface area (Å²) in [6.07, 6.45) is 2.67. The van der Waals surface area contributed by atoms with Crippen LogP contribution in [0.5, 0.6) is 0 Å². The fourth-order valence-corrected chi connectivity index (χ4v) is 1.50. The minimum absolute atomic E-state index is 0.174. The maximum atomic E-state index is 5.59. The Kier molecular flexibility index (Phi) is 3.13. The molecule has 1 fully saturated rings. The van der Waals surface area contributed by atoms with Gasteiger partial charge in [-0.25, -0.2) is 0 Å². The normalized spacial score (nSPS) is 22.8. The number of ether oxygens (including phenoxy) is 1. The van der Waals surface area contributed by atoms with Crippen LogP contribution in [0.1, 0.15) is 33.6 Å². The van der Waals surface area contributed by atoms with Gasteiger partial charge in [0.15, 0.2) is 0 Å². The number of hydrogen-bond acceptors (Lipinski definition) is 2. The highest BCUT2D eigenvalue weighted by Crippen LogP contribution is 2.51. The van der Waals surface area contributed by atoms with Crippen LogP contribution < -0.4 is 5.73 Å². The summed E-state index contributed by atoms with van der Waals surface area (Å²) in [5.74, 6) is 0.755. The first-order valence-electron chi connectivity index (χ1n) is 4.90. The summed E-state index contributed by atoms with van der Waals surface area (Å²) in [7, 11) is 0. The Morgan fingerprint density at radius 1 is 1.33 bits per heavy atom. The van der Waals surface area contributed by atoms with Crippen LogP contribution in [-0.4, -0.2) is 19.3 Å². The zero-order valence-corrected chi connectivity index (χ0v) is 8.47. The Hall–Kier alpha value is -0.0800. The lowest BCUT2D eigenvalue weighted by Crippen LogP contribution is -2.25. The van der Waals surface area contributed by atoms with Crippen LogP contribution in [0.2, 0.25) is 0 Å². The molecule has 1 saturated carbocycles. The van der Waals surface area contributed by atoms with E-state index in [1.165, 1.54) is 12.8 Å². The highest BCUT2D eigenvalue weighted by molar-refractivity contribution is 4.95. The first kappa shape index (κ1) is 10.0. The molecule has 2 N–H and O–H groups in total. The van der Waals surface area contributed by atoms with Gasteiger partial charge in [0.05, 0.1) is 13.2 Å². The number of hydrogen-bond donors (Lipinski definition) is 1. The maximum absolute atomic E-state index is 5.59. The van der Waals surface area contributed by atoms with Crippen LogP contribution in [0.3, 0.4) is 0 Å². The summed E-state index contributed by atoms with van der Waals surface area (Å²) in [5.41, 5.74) is 6.10. The van der Waals surface area contributed by atoms with Gasteiger partial charge in [-0.05, 0) is 31.1 Å². The molecule has 0 radical (unpaired) electrons. The molecule has 1 atom stereocenters. The fraction of sp³-hybridized carbons (Fsp3) is 1.00. The summed E-state index contributed by atoms with van der Waals surface area (Å²) in [6, 6.07) is 0.174. The highest BCUT2D eigenvalue weighted by Gasteiger charge is 2.45. The van der Waals surface area contributed by atoms with Crippen LogP contribution in [0.25, 0.3) is 0 Å². The molecule has 2 nitrogen and oxygen atoms in total. The average Bonchev–Trinajstić information content (AvgIpc) is 2.68. The Labute approximate surface area is 75.5 Å². The van der Waals surface area contributed by atoms with Crippen molar-refractivity contribution < 1.29 is 4.74 Å². The predicted octanol–water partition coefficient (Wildman–Crippen LogP) is 1.79. The molecule has 0 amide bonds. The van der Waals surface area contributed by atoms with Gasteiger partial charge in [-0.15, -0.1) is 0 Å². The lowest BCUT2D eigenvalue weighted by molar-refractivity contribution is 0.0653. The third-order valence-electron chi connectivity index (χ3n) is 2.89. The first-order valence-corrected chi connectivity index (χ1v) is 4.90. The third-order valence-corrected chi connectivity index (χ3v) is 2.89. The molecule has 0 bridgehead atoms. The van der Waals surface area contributed by atoms with E-state index in [1.807, 2.05) is 6.92 Å². The van der Waals surface area contributed by atoms with E-state index >= 15 is 0 Å². The van der Waals surface area contributed by atoms with Crippen molar-refractivity contribution in [2.75, 3.05) is 13.2 Å². The Balaban J connectivity index is 2.14. The van der Waals surface area contributed by atoms with Crippen LogP contribution >= 0.6 is 0 Å². The van der Waals surface area contributed by atoms with Crippen LogP contribution in [0.4, 0.5) is 0 Å². The monoisotopic (exact) mass is 171 g/mol. The van der Waals surface area contributed by atoms with Crippen molar-refractivity contribution in [2.24, 2.45) is 17.1 Å². The molecule has 0 spiro atoms. The summed E-state index contributed by atoms with van der Waals surface area (Å²) in [6.45, 7) is 8.15. The van der Waals surface area contributed by atoms with Gasteiger partial charge in [-0.1, -0.05) is 13.8 Å². The van der Waals surface area contributed by atoms with Crippen LogP contribution in [-0.2, 0) is 4.74 Å². The van der Waals surface area contributed by atoms with Gasteiger partial charge in [-0.2, -0.15) is 0 Å². The summed E-state index contributed by atoms with van der Waals surface area (Å²) in [5, 5.41) is 0. The second kappa shape index (κ2) is 3.75. The van der Waals surface area contributed by atoms with Crippen molar-refractivity contribution in [1.29, 1.82) is 0 Å². The molecule has 1 unspecified atom stereocenters. The Morgan fingerprint density at radius 2 is 1.92 bits per heavy atom. The van der Waals surface area contributed by atoms with E-state index in [-0.39, 0.29) is 6.04 Å². The van der Waals surface area contributed by atoms with Gasteiger partial charge >= 0.3 is 0 Å². The van der Waals surface area contributed by atoms with E-state index in [0.29, 0.717) is 12.0 Å². The van der Waals surface area contributed by atoms with Crippen molar-refractivity contribution in [3.05, 3.63) is 0 Å². The van der Waals surface area contributed by atoms with Crippen molar-refractivity contribution in [3.63, 3.8) is 0 Å². The molecular weight excluding hydrogens is 150 g/mol. The topological polar surface area (TPSA) is 35.2 Å². The molecule has 0 heterocycles. The molecule has 2 heteroatoms. The van der Waals surface area contributed by atoms with Crippen molar-refractivity contribution in [2.45, 2.75) is 39.7 Å². The third kappa shape index (κ3) is 2.46. The minimum atomic E-state index is 0.174. The molecule has 1 aliphatic carbocycles. The number of rotatable bonds is 5. The van der Waals surface area contributed by atoms with E-state index in [1.54, 1.807) is 0 Å². The van der Waals surface area contributed by atoms with Gasteiger partial charge < -0.3 is 10.5 Å². The van der Waals surface area contributed by atoms with E-state index in [0.717, 1.165) is 12.5 Å². The zero-order chi connectivity index (χ0) is 9.19. The lowest BCUT2D eigenvalue weighted by Gasteiger charge is -2.19. The predicted molar refractivity (Wildman–Crippen MR) is 51.0 cm³/mol. The molecule has 0 aromatic rings. The van der Waals surface area contributed by atoms with Crippen molar-refractivity contribution in [1.82, 2.24) is 0 Å². The van der Waals surface area contributed by atoms with Crippen LogP contribution in [0.15, 0.2) is 0 Å². The second-order valence-corrected chi connectivity index (χ2v) is 4.51. The number of nitrogens with two attached hydrogens (primary N) is 1. The van der Waals surface area contributed by atoms with E-state index in [2.05, 4.69) is 13.8 Å². The van der Waals surface area contributed by atoms with Gasteiger partial charge in [0, 0.05) is 6.04 Å². The smallest absolute Gasteiger partial charge is 0.0615 e. The fourth-order valence-electron chi connectivity index (χ4n) is 1.50. The second-order valence-electron chi connectivity index (χ2n) is 4.51. The summed E-state index contributed by atoms with van der Waals surface area (Å²) in [4.78, 5) is 0. The van der Waals surface area contributed by atoms with Crippen molar-refractivity contribution >= 4 is 0 Å². The van der Waals surface area contributed by atoms with E-state index < -0.39 is 0 Å². The van der Waals surface area contributed by atoms with E-state index in [4.69, 9.17) is 10.5 Å². The van der Waals surface area contributed by atoms with Gasteiger partial charge in [0.1, 0.15) is 0 Å². The Bertz CT molecular complexity index is 139. The molecule has 0 aliphatic heterocycles. The molecule has 0 aromatic carbocycles. The molecule has 1 aliphatic rings. The lowest BCUT2D eigenvalue weighted by atomic mass is 9.94. The average molecular weight is 171 g/mol. The molecule has 1 rings (SSSR count). The quantitative estimate of drug-likeness (QED) is 0.684. The van der Waals surface area contributed by atoms with Gasteiger partial charge in [0.25, 0.3) is 0 Å². The zero-order valence-electron chi connectivity index (χ0n) is 8.47. The SMILES string of the molecule is CC(N)COCC1(C(C)C)CC1. The highest BCUT2D eigenvalue weighted by atomic mass is 16.5.